The summed E-state index contributed by atoms with van der Waals surface area (Å²) in [4.78, 5) is 4.37. The van der Waals surface area contributed by atoms with Crippen LogP contribution in [0.4, 0.5) is 11.4 Å². The standard InChI is InChI=1S/C17H19N3/c1-2-12(1)9-20-16-8-15(10-18-11-16)13-3-4-17-14(7-13)5-6-19-17/h3-4,7-8,10-12,19-20H,1-2,5-6,9H2. The Morgan fingerprint density at radius 2 is 2.10 bits per heavy atom. The number of pyridine rings is 1. The Morgan fingerprint density at radius 3 is 3.00 bits per heavy atom. The van der Waals surface area contributed by atoms with Gasteiger partial charge in [0.1, 0.15) is 0 Å². The summed E-state index contributed by atoms with van der Waals surface area (Å²) in [5.41, 5.74) is 6.28. The second-order valence-electron chi connectivity index (χ2n) is 5.84. The van der Waals surface area contributed by atoms with Gasteiger partial charge in [0.05, 0.1) is 5.69 Å². The van der Waals surface area contributed by atoms with E-state index in [4.69, 9.17) is 0 Å². The van der Waals surface area contributed by atoms with Crippen LogP contribution < -0.4 is 10.6 Å². The molecule has 2 heterocycles. The molecular formula is C17H19N3. The molecule has 0 saturated heterocycles. The van der Waals surface area contributed by atoms with Crippen molar-refractivity contribution >= 4 is 11.4 Å². The zero-order valence-corrected chi connectivity index (χ0v) is 11.5. The number of nitrogens with zero attached hydrogens (tertiary/aromatic N) is 1. The minimum Gasteiger partial charge on any atom is -0.384 e. The van der Waals surface area contributed by atoms with Gasteiger partial charge in [0.15, 0.2) is 0 Å². The van der Waals surface area contributed by atoms with Crippen LogP contribution in [-0.2, 0) is 6.42 Å². The van der Waals surface area contributed by atoms with E-state index < -0.39 is 0 Å². The maximum absolute atomic E-state index is 4.37. The number of benzene rings is 1. The summed E-state index contributed by atoms with van der Waals surface area (Å²) in [7, 11) is 0. The fraction of sp³-hybridized carbons (Fsp3) is 0.353. The first-order valence-electron chi connectivity index (χ1n) is 7.44. The van der Waals surface area contributed by atoms with E-state index in [9.17, 15) is 0 Å². The minimum atomic E-state index is 0.879. The van der Waals surface area contributed by atoms with Gasteiger partial charge in [0.2, 0.25) is 0 Å². The summed E-state index contributed by atoms with van der Waals surface area (Å²) in [6.45, 7) is 2.14. The Hall–Kier alpha value is -2.03. The van der Waals surface area contributed by atoms with E-state index in [-0.39, 0.29) is 0 Å². The third-order valence-electron chi connectivity index (χ3n) is 4.18. The van der Waals surface area contributed by atoms with Gasteiger partial charge in [0.25, 0.3) is 0 Å². The van der Waals surface area contributed by atoms with Crippen molar-refractivity contribution in [2.24, 2.45) is 5.92 Å². The lowest BCUT2D eigenvalue weighted by molar-refractivity contribution is 0.888. The maximum atomic E-state index is 4.37. The quantitative estimate of drug-likeness (QED) is 0.888. The molecule has 3 heteroatoms. The molecular weight excluding hydrogens is 246 g/mol. The van der Waals surface area contributed by atoms with Crippen molar-refractivity contribution in [1.82, 2.24) is 4.98 Å². The van der Waals surface area contributed by atoms with E-state index in [1.807, 2.05) is 12.4 Å². The number of rotatable bonds is 4. The van der Waals surface area contributed by atoms with E-state index in [1.54, 1.807) is 0 Å². The molecule has 0 bridgehead atoms. The molecule has 1 saturated carbocycles. The van der Waals surface area contributed by atoms with Crippen LogP contribution in [0.25, 0.3) is 11.1 Å². The van der Waals surface area contributed by atoms with Gasteiger partial charge < -0.3 is 10.6 Å². The van der Waals surface area contributed by atoms with Crippen LogP contribution in [0.5, 0.6) is 0 Å². The van der Waals surface area contributed by atoms with Crippen molar-refractivity contribution in [2.45, 2.75) is 19.3 Å². The normalized spacial score (nSPS) is 16.6. The fourth-order valence-electron chi connectivity index (χ4n) is 2.76. The maximum Gasteiger partial charge on any atom is 0.0533 e. The zero-order chi connectivity index (χ0) is 13.4. The smallest absolute Gasteiger partial charge is 0.0533 e. The Labute approximate surface area is 119 Å². The van der Waals surface area contributed by atoms with Crippen LogP contribution in [0, 0.1) is 5.92 Å². The molecule has 1 aliphatic carbocycles. The lowest BCUT2D eigenvalue weighted by atomic mass is 10.0. The van der Waals surface area contributed by atoms with Crippen molar-refractivity contribution in [2.75, 3.05) is 23.7 Å². The highest BCUT2D eigenvalue weighted by molar-refractivity contribution is 5.71. The van der Waals surface area contributed by atoms with E-state index in [0.717, 1.165) is 31.1 Å². The Morgan fingerprint density at radius 1 is 1.15 bits per heavy atom. The summed E-state index contributed by atoms with van der Waals surface area (Å²) >= 11 is 0. The van der Waals surface area contributed by atoms with Gasteiger partial charge in [-0.15, -0.1) is 0 Å². The first-order valence-corrected chi connectivity index (χ1v) is 7.44. The second kappa shape index (κ2) is 4.82. The van der Waals surface area contributed by atoms with Crippen LogP contribution in [-0.4, -0.2) is 18.1 Å². The van der Waals surface area contributed by atoms with E-state index in [2.05, 4.69) is 39.9 Å². The lowest BCUT2D eigenvalue weighted by Crippen LogP contribution is -2.03. The summed E-state index contributed by atoms with van der Waals surface area (Å²) < 4.78 is 0. The summed E-state index contributed by atoms with van der Waals surface area (Å²) in [5, 5.41) is 6.90. The molecule has 4 rings (SSSR count). The lowest BCUT2D eigenvalue weighted by Gasteiger charge is -2.08. The third-order valence-corrected chi connectivity index (χ3v) is 4.18. The predicted molar refractivity (Wildman–Crippen MR) is 83.1 cm³/mol. The van der Waals surface area contributed by atoms with Crippen molar-refractivity contribution in [3.63, 3.8) is 0 Å². The summed E-state index contributed by atoms with van der Waals surface area (Å²) in [5.74, 6) is 0.879. The molecule has 1 aliphatic heterocycles. The van der Waals surface area contributed by atoms with Gasteiger partial charge in [-0.2, -0.15) is 0 Å². The van der Waals surface area contributed by atoms with E-state index in [0.29, 0.717) is 0 Å². The van der Waals surface area contributed by atoms with E-state index in [1.165, 1.54) is 35.2 Å². The Balaban J connectivity index is 1.58. The summed E-state index contributed by atoms with van der Waals surface area (Å²) in [6.07, 6.45) is 7.74. The van der Waals surface area contributed by atoms with Gasteiger partial charge >= 0.3 is 0 Å². The van der Waals surface area contributed by atoms with Crippen molar-refractivity contribution in [3.8, 4) is 11.1 Å². The molecule has 0 atom stereocenters. The number of nitrogens with one attached hydrogen (secondary N) is 2. The predicted octanol–water partition coefficient (Wildman–Crippen LogP) is 3.54. The molecule has 3 nitrogen and oxygen atoms in total. The SMILES string of the molecule is c1ncc(-c2ccc3c(c2)CCN3)cc1NCC1CC1. The molecule has 0 radical (unpaired) electrons. The van der Waals surface area contributed by atoms with Gasteiger partial charge in [-0.3, -0.25) is 4.98 Å². The molecule has 2 N–H and O–H groups in total. The van der Waals surface area contributed by atoms with Crippen LogP contribution in [0.1, 0.15) is 18.4 Å². The highest BCUT2D eigenvalue weighted by Gasteiger charge is 2.20. The number of aromatic nitrogens is 1. The molecule has 0 spiro atoms. The fourth-order valence-corrected chi connectivity index (χ4v) is 2.76. The first kappa shape index (κ1) is 11.8. The van der Waals surface area contributed by atoms with Crippen molar-refractivity contribution in [1.29, 1.82) is 0 Å². The third kappa shape index (κ3) is 2.36. The highest BCUT2D eigenvalue weighted by Crippen LogP contribution is 2.31. The highest BCUT2D eigenvalue weighted by atomic mass is 14.9. The average Bonchev–Trinajstić information content (AvgIpc) is 3.20. The molecule has 0 amide bonds. The number of hydrogen-bond donors (Lipinski definition) is 2. The monoisotopic (exact) mass is 265 g/mol. The van der Waals surface area contributed by atoms with Gasteiger partial charge in [-0.1, -0.05) is 6.07 Å². The molecule has 20 heavy (non-hydrogen) atoms. The molecule has 1 aromatic carbocycles. The van der Waals surface area contributed by atoms with Crippen molar-refractivity contribution < 1.29 is 0 Å². The Bertz CT molecular complexity index is 632. The number of hydrogen-bond acceptors (Lipinski definition) is 3. The molecule has 2 aromatic rings. The molecule has 2 aliphatic rings. The Kier molecular flexibility index (Phi) is 2.84. The van der Waals surface area contributed by atoms with Crippen LogP contribution in [0.15, 0.2) is 36.7 Å². The first-order chi connectivity index (χ1) is 9.88. The van der Waals surface area contributed by atoms with Gasteiger partial charge in [0, 0.05) is 36.7 Å². The summed E-state index contributed by atoms with van der Waals surface area (Å²) in [6, 6.07) is 8.86. The van der Waals surface area contributed by atoms with Gasteiger partial charge in [-0.25, -0.2) is 0 Å². The second-order valence-corrected chi connectivity index (χ2v) is 5.84. The topological polar surface area (TPSA) is 37.0 Å². The van der Waals surface area contributed by atoms with Crippen LogP contribution >= 0.6 is 0 Å². The van der Waals surface area contributed by atoms with Crippen molar-refractivity contribution in [3.05, 3.63) is 42.2 Å². The number of anilines is 2. The molecule has 1 aromatic heterocycles. The zero-order valence-electron chi connectivity index (χ0n) is 11.5. The largest absolute Gasteiger partial charge is 0.384 e. The number of fused-ring (bicyclic) bond motifs is 1. The van der Waals surface area contributed by atoms with E-state index >= 15 is 0 Å². The van der Waals surface area contributed by atoms with Gasteiger partial charge in [-0.05, 0) is 54.5 Å². The van der Waals surface area contributed by atoms with Crippen LogP contribution in [0.3, 0.4) is 0 Å². The molecule has 102 valence electrons. The molecule has 0 unspecified atom stereocenters. The molecule has 1 fully saturated rings. The minimum absolute atomic E-state index is 0.879. The average molecular weight is 265 g/mol. The van der Waals surface area contributed by atoms with Crippen LogP contribution in [0.2, 0.25) is 0 Å².